The molecule has 3 rings (SSSR count). The number of hydrogen-bond donors (Lipinski definition) is 0. The quantitative estimate of drug-likeness (QED) is 0.715. The second-order valence-electron chi connectivity index (χ2n) is 4.71. The second kappa shape index (κ2) is 5.71. The predicted molar refractivity (Wildman–Crippen MR) is 79.8 cm³/mol. The molecule has 3 nitrogen and oxygen atoms in total. The van der Waals surface area contributed by atoms with Crippen LogP contribution < -0.4 is 0 Å². The summed E-state index contributed by atoms with van der Waals surface area (Å²) in [4.78, 5) is 4.32. The third-order valence-electron chi connectivity index (χ3n) is 3.00. The standard InChI is InChI=1S/C17H13FN2O/c1-12-3-2-4-14(11-12)17-19-16(20-21-17)10-7-13-5-8-15(18)9-6-13/h2-11H,1H3/b10-7+. The van der Waals surface area contributed by atoms with E-state index in [-0.39, 0.29) is 5.82 Å². The molecule has 0 spiro atoms. The van der Waals surface area contributed by atoms with Crippen LogP contribution >= 0.6 is 0 Å². The van der Waals surface area contributed by atoms with Gasteiger partial charge in [0.15, 0.2) is 5.82 Å². The van der Waals surface area contributed by atoms with E-state index in [0.29, 0.717) is 11.7 Å². The Hall–Kier alpha value is -2.75. The summed E-state index contributed by atoms with van der Waals surface area (Å²) in [7, 11) is 0. The molecule has 0 N–H and O–H groups in total. The van der Waals surface area contributed by atoms with E-state index in [0.717, 1.165) is 16.7 Å². The summed E-state index contributed by atoms with van der Waals surface area (Å²) >= 11 is 0. The first kappa shape index (κ1) is 13.2. The largest absolute Gasteiger partial charge is 0.334 e. The first-order chi connectivity index (χ1) is 10.2. The minimum atomic E-state index is -0.256. The van der Waals surface area contributed by atoms with Gasteiger partial charge in [0.25, 0.3) is 5.89 Å². The molecular weight excluding hydrogens is 267 g/mol. The van der Waals surface area contributed by atoms with Gasteiger partial charge < -0.3 is 4.52 Å². The highest BCUT2D eigenvalue weighted by atomic mass is 19.1. The van der Waals surface area contributed by atoms with Crippen LogP contribution in [0.5, 0.6) is 0 Å². The molecule has 0 radical (unpaired) electrons. The highest BCUT2D eigenvalue weighted by Gasteiger charge is 2.06. The maximum Gasteiger partial charge on any atom is 0.258 e. The van der Waals surface area contributed by atoms with Gasteiger partial charge in [0.05, 0.1) is 0 Å². The van der Waals surface area contributed by atoms with E-state index in [1.54, 1.807) is 18.2 Å². The fourth-order valence-electron chi connectivity index (χ4n) is 1.94. The van der Waals surface area contributed by atoms with Gasteiger partial charge in [-0.25, -0.2) is 4.39 Å². The van der Waals surface area contributed by atoms with Crippen LogP contribution in [0.3, 0.4) is 0 Å². The number of aromatic nitrogens is 2. The van der Waals surface area contributed by atoms with Crippen LogP contribution in [-0.4, -0.2) is 10.1 Å². The van der Waals surface area contributed by atoms with Gasteiger partial charge in [-0.1, -0.05) is 41.1 Å². The maximum absolute atomic E-state index is 12.8. The molecule has 0 aliphatic heterocycles. The normalized spacial score (nSPS) is 11.1. The Labute approximate surface area is 121 Å². The molecule has 3 aromatic rings. The van der Waals surface area contributed by atoms with Crippen LogP contribution in [0, 0.1) is 12.7 Å². The van der Waals surface area contributed by atoms with Crippen LogP contribution in [0.2, 0.25) is 0 Å². The van der Waals surface area contributed by atoms with Gasteiger partial charge in [-0.15, -0.1) is 0 Å². The molecule has 0 atom stereocenters. The lowest BCUT2D eigenvalue weighted by molar-refractivity contribution is 0.429. The molecule has 0 aliphatic carbocycles. The summed E-state index contributed by atoms with van der Waals surface area (Å²) in [5.41, 5.74) is 2.90. The fourth-order valence-corrected chi connectivity index (χ4v) is 1.94. The van der Waals surface area contributed by atoms with Crippen molar-refractivity contribution in [3.05, 3.63) is 71.3 Å². The van der Waals surface area contributed by atoms with Crippen molar-refractivity contribution in [2.45, 2.75) is 6.92 Å². The first-order valence-electron chi connectivity index (χ1n) is 6.55. The average molecular weight is 280 g/mol. The Morgan fingerprint density at radius 1 is 1.05 bits per heavy atom. The van der Waals surface area contributed by atoms with Crippen LogP contribution in [0.4, 0.5) is 4.39 Å². The van der Waals surface area contributed by atoms with E-state index in [9.17, 15) is 4.39 Å². The zero-order chi connectivity index (χ0) is 14.7. The first-order valence-corrected chi connectivity index (χ1v) is 6.55. The van der Waals surface area contributed by atoms with Crippen molar-refractivity contribution >= 4 is 12.2 Å². The van der Waals surface area contributed by atoms with Gasteiger partial charge in [0, 0.05) is 5.56 Å². The molecule has 0 saturated carbocycles. The van der Waals surface area contributed by atoms with Gasteiger partial charge in [-0.05, 0) is 42.8 Å². The van der Waals surface area contributed by atoms with Crippen LogP contribution in [0.1, 0.15) is 17.0 Å². The molecule has 0 amide bonds. The molecule has 0 unspecified atom stereocenters. The lowest BCUT2D eigenvalue weighted by Gasteiger charge is -1.94. The number of aryl methyl sites for hydroxylation is 1. The summed E-state index contributed by atoms with van der Waals surface area (Å²) in [5, 5.41) is 3.91. The average Bonchev–Trinajstić information content (AvgIpc) is 2.96. The Morgan fingerprint density at radius 3 is 2.62 bits per heavy atom. The highest BCUT2D eigenvalue weighted by Crippen LogP contribution is 2.18. The van der Waals surface area contributed by atoms with Crippen molar-refractivity contribution in [1.29, 1.82) is 0 Å². The molecule has 0 aliphatic rings. The molecule has 0 saturated heterocycles. The fraction of sp³-hybridized carbons (Fsp3) is 0.0588. The minimum absolute atomic E-state index is 0.256. The molecule has 104 valence electrons. The minimum Gasteiger partial charge on any atom is -0.334 e. The summed E-state index contributed by atoms with van der Waals surface area (Å²) < 4.78 is 18.1. The Bertz CT molecular complexity index is 775. The van der Waals surface area contributed by atoms with Crippen LogP contribution in [-0.2, 0) is 0 Å². The second-order valence-corrected chi connectivity index (χ2v) is 4.71. The van der Waals surface area contributed by atoms with Gasteiger partial charge in [0.1, 0.15) is 5.82 Å². The molecule has 0 fully saturated rings. The molecule has 1 aromatic heterocycles. The summed E-state index contributed by atoms with van der Waals surface area (Å²) in [6, 6.07) is 14.1. The van der Waals surface area contributed by atoms with E-state index < -0.39 is 0 Å². The molecule has 2 aromatic carbocycles. The SMILES string of the molecule is Cc1cccc(-c2nc(/C=C/c3ccc(F)cc3)no2)c1. The number of rotatable bonds is 3. The zero-order valence-corrected chi connectivity index (χ0v) is 11.5. The summed E-state index contributed by atoms with van der Waals surface area (Å²) in [6.45, 7) is 2.01. The monoisotopic (exact) mass is 280 g/mol. The Morgan fingerprint density at radius 2 is 1.86 bits per heavy atom. The van der Waals surface area contributed by atoms with Gasteiger partial charge in [-0.3, -0.25) is 0 Å². The van der Waals surface area contributed by atoms with E-state index in [4.69, 9.17) is 4.52 Å². The van der Waals surface area contributed by atoms with Crippen LogP contribution in [0.15, 0.2) is 53.1 Å². The van der Waals surface area contributed by atoms with E-state index in [2.05, 4.69) is 10.1 Å². The zero-order valence-electron chi connectivity index (χ0n) is 11.5. The van der Waals surface area contributed by atoms with Crippen molar-refractivity contribution in [3.8, 4) is 11.5 Å². The lowest BCUT2D eigenvalue weighted by Crippen LogP contribution is -1.80. The van der Waals surface area contributed by atoms with Gasteiger partial charge in [-0.2, -0.15) is 4.98 Å². The molecule has 1 heterocycles. The third-order valence-corrected chi connectivity index (χ3v) is 3.00. The molecular formula is C17H13FN2O. The van der Waals surface area contributed by atoms with E-state index >= 15 is 0 Å². The van der Waals surface area contributed by atoms with Crippen molar-refractivity contribution in [3.63, 3.8) is 0 Å². The Balaban J connectivity index is 1.80. The van der Waals surface area contributed by atoms with Crippen molar-refractivity contribution in [1.82, 2.24) is 10.1 Å². The third kappa shape index (κ3) is 3.23. The maximum atomic E-state index is 12.8. The molecule has 0 bridgehead atoms. The highest BCUT2D eigenvalue weighted by molar-refractivity contribution is 5.67. The summed E-state index contributed by atoms with van der Waals surface area (Å²) in [6.07, 6.45) is 3.54. The van der Waals surface area contributed by atoms with E-state index in [1.807, 2.05) is 37.3 Å². The number of hydrogen-bond acceptors (Lipinski definition) is 3. The predicted octanol–water partition coefficient (Wildman–Crippen LogP) is 4.35. The van der Waals surface area contributed by atoms with E-state index in [1.165, 1.54) is 12.1 Å². The van der Waals surface area contributed by atoms with Crippen molar-refractivity contribution in [2.24, 2.45) is 0 Å². The van der Waals surface area contributed by atoms with Crippen molar-refractivity contribution in [2.75, 3.05) is 0 Å². The van der Waals surface area contributed by atoms with Gasteiger partial charge >= 0.3 is 0 Å². The Kier molecular flexibility index (Phi) is 3.60. The number of nitrogens with zero attached hydrogens (tertiary/aromatic N) is 2. The van der Waals surface area contributed by atoms with Gasteiger partial charge in [0.2, 0.25) is 0 Å². The summed E-state index contributed by atoms with van der Waals surface area (Å²) in [5.74, 6) is 0.710. The topological polar surface area (TPSA) is 38.9 Å². The van der Waals surface area contributed by atoms with Crippen LogP contribution in [0.25, 0.3) is 23.6 Å². The molecule has 4 heteroatoms. The lowest BCUT2D eigenvalue weighted by atomic mass is 10.1. The molecule has 21 heavy (non-hydrogen) atoms. The van der Waals surface area contributed by atoms with Crippen molar-refractivity contribution < 1.29 is 8.91 Å². The number of halogens is 1. The smallest absolute Gasteiger partial charge is 0.258 e. The number of benzene rings is 2.